The topological polar surface area (TPSA) is 33.1 Å². The Hall–Kier alpha value is -5.30. The molecule has 0 spiro atoms. The number of hydrogen-bond acceptors (Lipinski definition) is 2. The molecule has 0 unspecified atom stereocenters. The summed E-state index contributed by atoms with van der Waals surface area (Å²) in [7, 11) is 0. The fraction of sp³-hybridized carbons (Fsp3) is 0.353. The van der Waals surface area contributed by atoms with Crippen LogP contribution in [-0.2, 0) is 48.1 Å². The second kappa shape index (κ2) is 23.5. The van der Waals surface area contributed by atoms with Gasteiger partial charge < -0.3 is 12.5 Å². The predicted octanol–water partition coefficient (Wildman–Crippen LogP) is 19.5. The van der Waals surface area contributed by atoms with Gasteiger partial charge in [0.05, 0.1) is 0 Å². The molecule has 0 radical (unpaired) electrons. The maximum atomic E-state index is 10.4. The summed E-state index contributed by atoms with van der Waals surface area (Å²) >= 11 is 0. The van der Waals surface area contributed by atoms with Gasteiger partial charge in [-0.15, -0.1) is 29.3 Å². The molecule has 3 heteroatoms. The van der Waals surface area contributed by atoms with E-state index in [1.807, 2.05) is 6.92 Å². The quantitative estimate of drug-likeness (QED) is 0.174. The Kier molecular flexibility index (Phi) is 19.9. The molecule has 0 aliphatic carbocycles. The Morgan fingerprint density at radius 3 is 1.46 bits per heavy atom. The van der Waals surface area contributed by atoms with Crippen LogP contribution in [0.3, 0.4) is 0 Å². The van der Waals surface area contributed by atoms with E-state index >= 15 is 0 Å². The Labute approximate surface area is 446 Å². The molecule has 0 aliphatic heterocycles. The first-order chi connectivity index (χ1) is 31.9. The average molecular weight is 1130 g/mol. The van der Waals surface area contributed by atoms with Gasteiger partial charge in [0.1, 0.15) is 5.75 Å². The number of aryl methyl sites for hydroxylation is 2. The standard InChI is InChI=1S/C33H36N.C17H26O.C17H20.CH3.Pt/c1-22-13-12-16-28(23(22)2)25-17-26(19-27(18-25)32(3,4)5)31-20-29(24-14-10-9-11-15-24)30(21-34-31)33(6,7)8;1-11(2)13-9-12(16(3,4)5)10-14(15(13)18)17(6,7)8;1-13-10-11-15(17(2,3)4)12-16(13)14-8-6-5-7-9-14;;/h9-16,18-21H,1-8H3;9-10,18H,1H2,2-8H3;5-12H,1-4H3;1H3;/q-1;;;-1;+2. The fourth-order valence-corrected chi connectivity index (χ4v) is 8.37. The van der Waals surface area contributed by atoms with E-state index in [2.05, 4.69) is 271 Å². The van der Waals surface area contributed by atoms with Crippen LogP contribution in [0.25, 0.3) is 50.2 Å². The summed E-state index contributed by atoms with van der Waals surface area (Å²) < 4.78 is 0. The maximum Gasteiger partial charge on any atom is 2.00 e. The molecule has 1 heterocycles. The summed E-state index contributed by atoms with van der Waals surface area (Å²) in [6.45, 7) is 45.7. The minimum absolute atomic E-state index is 0. The first kappa shape index (κ1) is 60.0. The molecule has 7 rings (SSSR count). The van der Waals surface area contributed by atoms with Crippen molar-refractivity contribution >= 4 is 5.57 Å². The molecule has 7 aromatic rings. The molecule has 2 nitrogen and oxygen atoms in total. The van der Waals surface area contributed by atoms with Gasteiger partial charge in [0.25, 0.3) is 0 Å². The number of aromatic nitrogens is 1. The number of phenols is 1. The van der Waals surface area contributed by atoms with Crippen molar-refractivity contribution < 1.29 is 26.2 Å². The van der Waals surface area contributed by atoms with Crippen molar-refractivity contribution in [3.8, 4) is 50.4 Å². The minimum Gasteiger partial charge on any atom is -0.507 e. The van der Waals surface area contributed by atoms with Crippen LogP contribution >= 0.6 is 0 Å². The van der Waals surface area contributed by atoms with Crippen molar-refractivity contribution in [2.24, 2.45) is 0 Å². The second-order valence-corrected chi connectivity index (χ2v) is 24.3. The van der Waals surface area contributed by atoms with Gasteiger partial charge in [0.15, 0.2) is 0 Å². The Morgan fingerprint density at radius 2 is 0.972 bits per heavy atom. The van der Waals surface area contributed by atoms with Crippen molar-refractivity contribution in [3.05, 3.63) is 204 Å². The van der Waals surface area contributed by atoms with E-state index in [1.54, 1.807) is 0 Å². The van der Waals surface area contributed by atoms with Crippen LogP contribution in [0.4, 0.5) is 0 Å². The molecule has 0 atom stereocenters. The molecule has 378 valence electrons. The molecule has 1 aromatic heterocycles. The zero-order valence-corrected chi connectivity index (χ0v) is 49.4. The van der Waals surface area contributed by atoms with Crippen LogP contribution in [0, 0.1) is 34.3 Å². The summed E-state index contributed by atoms with van der Waals surface area (Å²) in [5, 5.41) is 10.4. The maximum absolute atomic E-state index is 10.4. The van der Waals surface area contributed by atoms with Crippen LogP contribution < -0.4 is 0 Å². The number of rotatable bonds is 5. The summed E-state index contributed by atoms with van der Waals surface area (Å²) in [6, 6.07) is 49.3. The average Bonchev–Trinajstić information content (AvgIpc) is 3.26. The zero-order chi connectivity index (χ0) is 51.4. The second-order valence-electron chi connectivity index (χ2n) is 24.3. The van der Waals surface area contributed by atoms with E-state index in [4.69, 9.17) is 4.98 Å². The monoisotopic (exact) mass is 1130 g/mol. The number of aromatic hydroxyl groups is 1. The molecule has 0 saturated carbocycles. The van der Waals surface area contributed by atoms with E-state index in [1.165, 1.54) is 66.8 Å². The van der Waals surface area contributed by atoms with Gasteiger partial charge in [-0.1, -0.05) is 242 Å². The molecule has 6 aromatic carbocycles. The summed E-state index contributed by atoms with van der Waals surface area (Å²) in [5.74, 6) is 0.378. The Balaban J connectivity index is 0.000000305. The van der Waals surface area contributed by atoms with E-state index in [-0.39, 0.29) is 55.6 Å². The molecular formula is C68H85NOPt. The number of benzene rings is 6. The van der Waals surface area contributed by atoms with Crippen molar-refractivity contribution in [2.75, 3.05) is 0 Å². The number of phenolic OH excluding ortho intramolecular Hbond substituents is 1. The van der Waals surface area contributed by atoms with E-state index < -0.39 is 0 Å². The van der Waals surface area contributed by atoms with Crippen LogP contribution in [0.15, 0.2) is 140 Å². The summed E-state index contributed by atoms with van der Waals surface area (Å²) in [4.78, 5) is 4.97. The summed E-state index contributed by atoms with van der Waals surface area (Å²) in [5.41, 5.74) is 21.6. The largest absolute Gasteiger partial charge is 2.00 e. The van der Waals surface area contributed by atoms with Crippen LogP contribution in [0.2, 0.25) is 0 Å². The van der Waals surface area contributed by atoms with Crippen molar-refractivity contribution in [3.63, 3.8) is 0 Å². The van der Waals surface area contributed by atoms with Gasteiger partial charge >= 0.3 is 21.1 Å². The number of nitrogens with zero attached hydrogens (tertiary/aromatic N) is 1. The van der Waals surface area contributed by atoms with E-state index in [0.29, 0.717) is 5.75 Å². The third kappa shape index (κ3) is 15.4. The first-order valence-electron chi connectivity index (χ1n) is 24.8. The van der Waals surface area contributed by atoms with Crippen LogP contribution in [0.5, 0.6) is 5.75 Å². The molecule has 0 fully saturated rings. The molecule has 0 bridgehead atoms. The van der Waals surface area contributed by atoms with Gasteiger partial charge in [0.2, 0.25) is 0 Å². The van der Waals surface area contributed by atoms with E-state index in [9.17, 15) is 5.11 Å². The van der Waals surface area contributed by atoms with Crippen molar-refractivity contribution in [2.45, 2.75) is 159 Å². The molecule has 71 heavy (non-hydrogen) atoms. The van der Waals surface area contributed by atoms with Crippen LogP contribution in [-0.4, -0.2) is 10.1 Å². The molecule has 0 amide bonds. The molecule has 0 saturated heterocycles. The summed E-state index contributed by atoms with van der Waals surface area (Å²) in [6.07, 6.45) is 2.06. The van der Waals surface area contributed by atoms with Crippen LogP contribution in [0.1, 0.15) is 161 Å². The number of pyridine rings is 1. The van der Waals surface area contributed by atoms with Gasteiger partial charge in [-0.2, -0.15) is 0 Å². The Morgan fingerprint density at radius 1 is 0.479 bits per heavy atom. The fourth-order valence-electron chi connectivity index (χ4n) is 8.37. The third-order valence-electron chi connectivity index (χ3n) is 13.1. The van der Waals surface area contributed by atoms with E-state index in [0.717, 1.165) is 33.5 Å². The SMILES string of the molecule is C=C(C)c1cc(C(C)(C)C)cc(C(C)(C)C)c1O.Cc1ccc(C(C)(C)C)cc1-c1ccccc1.Cc1cccc(-c2[c-]c(-c3cc(-c4ccccc4)c(C(C)(C)C)cn3)cc(C(C)(C)C)c2)c1C.[CH3-].[Pt+2]. The molecular weight excluding hydrogens is 1040 g/mol. The minimum atomic E-state index is -0.0739. The smallest absolute Gasteiger partial charge is 0.507 e. The third-order valence-corrected chi connectivity index (χ3v) is 13.1. The number of hydrogen-bond donors (Lipinski definition) is 1. The zero-order valence-electron chi connectivity index (χ0n) is 47.1. The first-order valence-corrected chi connectivity index (χ1v) is 24.8. The number of allylic oxidation sites excluding steroid dienone is 1. The van der Waals surface area contributed by atoms with Gasteiger partial charge in [-0.3, -0.25) is 4.98 Å². The van der Waals surface area contributed by atoms with Crippen molar-refractivity contribution in [1.29, 1.82) is 0 Å². The Bertz CT molecular complexity index is 2880. The van der Waals surface area contributed by atoms with Crippen molar-refractivity contribution in [1.82, 2.24) is 4.98 Å². The van der Waals surface area contributed by atoms with Gasteiger partial charge in [-0.05, 0) is 111 Å². The molecule has 1 N–H and O–H groups in total. The normalized spacial score (nSPS) is 11.8. The van der Waals surface area contributed by atoms with Gasteiger partial charge in [0, 0.05) is 23.0 Å². The molecule has 0 aliphatic rings. The predicted molar refractivity (Wildman–Crippen MR) is 308 cm³/mol. The van der Waals surface area contributed by atoms with Gasteiger partial charge in [-0.25, -0.2) is 0 Å².